The van der Waals surface area contributed by atoms with Gasteiger partial charge in [-0.3, -0.25) is 9.59 Å². The molecular weight excluding hydrogens is 299 g/mol. The number of benzene rings is 1. The van der Waals surface area contributed by atoms with E-state index in [1.54, 1.807) is 4.72 Å². The minimum Gasteiger partial charge on any atom is -0.347 e. The highest BCUT2D eigenvalue weighted by atomic mass is 32.2. The molecule has 0 atom stereocenters. The Morgan fingerprint density at radius 2 is 1.95 bits per heavy atom. The fourth-order valence-corrected chi connectivity index (χ4v) is 2.50. The fourth-order valence-electron chi connectivity index (χ4n) is 1.48. The van der Waals surface area contributed by atoms with E-state index in [4.69, 9.17) is 0 Å². The van der Waals surface area contributed by atoms with Crippen molar-refractivity contribution in [1.82, 2.24) is 10.0 Å². The van der Waals surface area contributed by atoms with E-state index in [1.165, 1.54) is 12.1 Å². The van der Waals surface area contributed by atoms with Gasteiger partial charge in [0.05, 0.1) is 11.4 Å². The Morgan fingerprint density at radius 1 is 1.24 bits per heavy atom. The first-order chi connectivity index (χ1) is 9.85. The van der Waals surface area contributed by atoms with E-state index in [0.717, 1.165) is 18.6 Å². The predicted octanol–water partition coefficient (Wildman–Crippen LogP) is 0.937. The van der Waals surface area contributed by atoms with Gasteiger partial charge in [0, 0.05) is 6.42 Å². The molecule has 0 saturated heterocycles. The lowest BCUT2D eigenvalue weighted by Crippen LogP contribution is -2.39. The smallest absolute Gasteiger partial charge is 0.264 e. The first-order valence-corrected chi connectivity index (χ1v) is 7.91. The van der Waals surface area contributed by atoms with Crippen molar-refractivity contribution in [3.05, 3.63) is 30.1 Å². The summed E-state index contributed by atoms with van der Waals surface area (Å²) >= 11 is 0. The average molecular weight is 316 g/mol. The number of hydrogen-bond donors (Lipinski definition) is 2. The maximum atomic E-state index is 13.0. The van der Waals surface area contributed by atoms with E-state index in [1.807, 2.05) is 6.92 Å². The summed E-state index contributed by atoms with van der Waals surface area (Å²) < 4.78 is 38.3. The van der Waals surface area contributed by atoms with Crippen LogP contribution in [-0.2, 0) is 19.6 Å². The second kappa shape index (κ2) is 7.72. The first kappa shape index (κ1) is 17.1. The van der Waals surface area contributed by atoms with Crippen molar-refractivity contribution in [3.8, 4) is 0 Å². The zero-order valence-electron chi connectivity index (χ0n) is 11.6. The monoisotopic (exact) mass is 316 g/mol. The van der Waals surface area contributed by atoms with E-state index >= 15 is 0 Å². The third-order valence-electron chi connectivity index (χ3n) is 2.56. The van der Waals surface area contributed by atoms with Crippen LogP contribution in [0.15, 0.2) is 29.2 Å². The van der Waals surface area contributed by atoms with Gasteiger partial charge in [-0.05, 0) is 24.6 Å². The summed E-state index contributed by atoms with van der Waals surface area (Å²) in [5.41, 5.74) is 0. The molecule has 1 aromatic rings. The standard InChI is InChI=1S/C13H17FN2O4S/c1-2-3-7-12(17)15-9-13(18)16-21(19,20)11-6-4-5-10(14)8-11/h4-6,8H,2-3,7,9H2,1H3,(H,15,17)(H,16,18). The van der Waals surface area contributed by atoms with Crippen LogP contribution in [0.4, 0.5) is 4.39 Å². The summed E-state index contributed by atoms with van der Waals surface area (Å²) in [6.07, 6.45) is 1.81. The summed E-state index contributed by atoms with van der Waals surface area (Å²) in [6, 6.07) is 4.28. The van der Waals surface area contributed by atoms with E-state index in [9.17, 15) is 22.4 Å². The molecule has 0 aromatic heterocycles. The Labute approximate surface area is 122 Å². The molecule has 8 heteroatoms. The van der Waals surface area contributed by atoms with Gasteiger partial charge in [-0.15, -0.1) is 0 Å². The molecule has 0 spiro atoms. The van der Waals surface area contributed by atoms with Crippen molar-refractivity contribution >= 4 is 21.8 Å². The Kier molecular flexibility index (Phi) is 6.29. The number of halogens is 1. The molecule has 0 aliphatic carbocycles. The van der Waals surface area contributed by atoms with Crippen molar-refractivity contribution in [1.29, 1.82) is 0 Å². The molecular formula is C13H17FN2O4S. The fraction of sp³-hybridized carbons (Fsp3) is 0.385. The van der Waals surface area contributed by atoms with Crippen LogP contribution in [0.25, 0.3) is 0 Å². The molecule has 1 rings (SSSR count). The van der Waals surface area contributed by atoms with Gasteiger partial charge in [0.1, 0.15) is 5.82 Å². The molecule has 116 valence electrons. The highest BCUT2D eigenvalue weighted by Crippen LogP contribution is 2.09. The number of unbranched alkanes of at least 4 members (excludes halogenated alkanes) is 1. The third-order valence-corrected chi connectivity index (χ3v) is 3.93. The number of hydrogen-bond acceptors (Lipinski definition) is 4. The maximum absolute atomic E-state index is 13.0. The van der Waals surface area contributed by atoms with Gasteiger partial charge < -0.3 is 5.32 Å². The second-order valence-corrected chi connectivity index (χ2v) is 6.05. The van der Waals surface area contributed by atoms with Gasteiger partial charge >= 0.3 is 0 Å². The SMILES string of the molecule is CCCCC(=O)NCC(=O)NS(=O)(=O)c1cccc(F)c1. The van der Waals surface area contributed by atoms with Crippen molar-refractivity contribution in [2.75, 3.05) is 6.54 Å². The van der Waals surface area contributed by atoms with Gasteiger partial charge in [0.25, 0.3) is 15.9 Å². The molecule has 0 radical (unpaired) electrons. The Balaban J connectivity index is 2.56. The molecule has 1 aromatic carbocycles. The maximum Gasteiger partial charge on any atom is 0.264 e. The Bertz CT molecular complexity index is 616. The van der Waals surface area contributed by atoms with Crippen LogP contribution >= 0.6 is 0 Å². The summed E-state index contributed by atoms with van der Waals surface area (Å²) in [7, 11) is -4.14. The van der Waals surface area contributed by atoms with Crippen molar-refractivity contribution in [2.24, 2.45) is 0 Å². The number of amides is 2. The summed E-state index contributed by atoms with van der Waals surface area (Å²) in [6.45, 7) is 1.47. The lowest BCUT2D eigenvalue weighted by Gasteiger charge is -2.08. The molecule has 0 unspecified atom stereocenters. The zero-order valence-corrected chi connectivity index (χ0v) is 12.4. The number of carbonyl (C=O) groups excluding carboxylic acids is 2. The molecule has 0 heterocycles. The number of nitrogens with one attached hydrogen (secondary N) is 2. The van der Waals surface area contributed by atoms with Crippen LogP contribution < -0.4 is 10.0 Å². The summed E-state index contributed by atoms with van der Waals surface area (Å²) in [5, 5.41) is 2.31. The lowest BCUT2D eigenvalue weighted by molar-refractivity contribution is -0.125. The molecule has 0 bridgehead atoms. The number of carbonyl (C=O) groups is 2. The highest BCUT2D eigenvalue weighted by Gasteiger charge is 2.18. The van der Waals surface area contributed by atoms with Crippen molar-refractivity contribution < 1.29 is 22.4 Å². The Morgan fingerprint density at radius 3 is 2.57 bits per heavy atom. The van der Waals surface area contributed by atoms with Crippen LogP contribution in [0, 0.1) is 5.82 Å². The van der Waals surface area contributed by atoms with Crippen molar-refractivity contribution in [2.45, 2.75) is 31.1 Å². The van der Waals surface area contributed by atoms with Gasteiger partial charge in [-0.2, -0.15) is 0 Å². The third kappa shape index (κ3) is 5.90. The predicted molar refractivity (Wildman–Crippen MR) is 74.3 cm³/mol. The molecule has 0 fully saturated rings. The molecule has 0 aliphatic rings. The van der Waals surface area contributed by atoms with Crippen LogP contribution in [-0.4, -0.2) is 26.8 Å². The molecule has 6 nitrogen and oxygen atoms in total. The van der Waals surface area contributed by atoms with Crippen molar-refractivity contribution in [3.63, 3.8) is 0 Å². The highest BCUT2D eigenvalue weighted by molar-refractivity contribution is 7.90. The molecule has 0 saturated carbocycles. The second-order valence-electron chi connectivity index (χ2n) is 4.37. The molecule has 2 amide bonds. The quantitative estimate of drug-likeness (QED) is 0.783. The minimum absolute atomic E-state index is 0.278. The largest absolute Gasteiger partial charge is 0.347 e. The summed E-state index contributed by atoms with van der Waals surface area (Å²) in [5.74, 6) is -1.93. The van der Waals surface area contributed by atoms with Gasteiger partial charge in [-0.25, -0.2) is 17.5 Å². The van der Waals surface area contributed by atoms with E-state index < -0.39 is 28.3 Å². The van der Waals surface area contributed by atoms with Crippen LogP contribution in [0.2, 0.25) is 0 Å². The number of rotatable bonds is 7. The topological polar surface area (TPSA) is 92.3 Å². The first-order valence-electron chi connectivity index (χ1n) is 6.43. The van der Waals surface area contributed by atoms with Gasteiger partial charge in [-0.1, -0.05) is 19.4 Å². The van der Waals surface area contributed by atoms with E-state index in [2.05, 4.69) is 5.32 Å². The number of sulfonamides is 1. The molecule has 21 heavy (non-hydrogen) atoms. The zero-order chi connectivity index (χ0) is 15.9. The lowest BCUT2D eigenvalue weighted by atomic mass is 10.2. The normalized spacial score (nSPS) is 11.0. The van der Waals surface area contributed by atoms with E-state index in [-0.39, 0.29) is 17.2 Å². The average Bonchev–Trinajstić information content (AvgIpc) is 2.42. The molecule has 0 aliphatic heterocycles. The summed E-state index contributed by atoms with van der Waals surface area (Å²) in [4.78, 5) is 22.4. The van der Waals surface area contributed by atoms with Crippen LogP contribution in [0.5, 0.6) is 0 Å². The van der Waals surface area contributed by atoms with E-state index in [0.29, 0.717) is 6.42 Å². The Hall–Kier alpha value is -1.96. The van der Waals surface area contributed by atoms with Crippen LogP contribution in [0.1, 0.15) is 26.2 Å². The van der Waals surface area contributed by atoms with Crippen LogP contribution in [0.3, 0.4) is 0 Å². The van der Waals surface area contributed by atoms with Gasteiger partial charge in [0.2, 0.25) is 5.91 Å². The minimum atomic E-state index is -4.14. The molecule has 2 N–H and O–H groups in total. The van der Waals surface area contributed by atoms with Gasteiger partial charge in [0.15, 0.2) is 0 Å².